The molecule has 2 heterocycles. The molecule has 2 fully saturated rings. The van der Waals surface area contributed by atoms with Crippen LogP contribution in [0, 0.1) is 11.7 Å². The van der Waals surface area contributed by atoms with Gasteiger partial charge in [-0.3, -0.25) is 14.7 Å². The van der Waals surface area contributed by atoms with Crippen molar-refractivity contribution in [1.29, 1.82) is 0 Å². The zero-order valence-electron chi connectivity index (χ0n) is 19.2. The average Bonchev–Trinajstić information content (AvgIpc) is 3.32. The molecule has 0 spiro atoms. The smallest absolute Gasteiger partial charge is 0.347 e. The van der Waals surface area contributed by atoms with Gasteiger partial charge in [0.2, 0.25) is 5.91 Å². The van der Waals surface area contributed by atoms with Crippen LogP contribution in [0.4, 0.5) is 17.6 Å². The number of H-pyrrole nitrogens is 1. The number of nitrogens with zero attached hydrogens (tertiary/aromatic N) is 2. The third-order valence-corrected chi connectivity index (χ3v) is 6.81. The molecular weight excluding hydrogens is 476 g/mol. The Morgan fingerprint density at radius 1 is 1.08 bits per heavy atom. The van der Waals surface area contributed by atoms with Gasteiger partial charge in [0.25, 0.3) is 5.91 Å². The van der Waals surface area contributed by atoms with Crippen molar-refractivity contribution in [2.75, 3.05) is 6.54 Å². The number of carbonyl (C=O) groups excluding carboxylic acids is 2. The Morgan fingerprint density at radius 3 is 2.56 bits per heavy atom. The Labute approximate surface area is 204 Å². The van der Waals surface area contributed by atoms with E-state index in [1.54, 1.807) is 30.6 Å². The minimum atomic E-state index is -4.66. The fourth-order valence-electron chi connectivity index (χ4n) is 4.77. The summed E-state index contributed by atoms with van der Waals surface area (Å²) in [6.07, 6.45) is 1.26. The van der Waals surface area contributed by atoms with Crippen LogP contribution in [0.1, 0.15) is 53.2 Å². The van der Waals surface area contributed by atoms with Gasteiger partial charge in [0.05, 0.1) is 17.8 Å². The summed E-state index contributed by atoms with van der Waals surface area (Å²) in [4.78, 5) is 28.1. The van der Waals surface area contributed by atoms with Gasteiger partial charge in [0, 0.05) is 29.4 Å². The number of alkyl halides is 3. The first-order valence-corrected chi connectivity index (χ1v) is 11.8. The van der Waals surface area contributed by atoms with Crippen LogP contribution in [0.15, 0.2) is 54.9 Å². The normalized spacial score (nSPS) is 18.8. The lowest BCUT2D eigenvalue weighted by Crippen LogP contribution is -2.47. The number of benzene rings is 2. The van der Waals surface area contributed by atoms with E-state index in [1.807, 2.05) is 6.07 Å². The Hall–Kier alpha value is -3.69. The monoisotopic (exact) mass is 500 g/mol. The molecule has 2 amide bonds. The molecule has 188 valence electrons. The summed E-state index contributed by atoms with van der Waals surface area (Å²) >= 11 is 0. The van der Waals surface area contributed by atoms with Crippen molar-refractivity contribution in [2.45, 2.75) is 43.9 Å². The summed E-state index contributed by atoms with van der Waals surface area (Å²) in [6, 6.07) is 7.95. The first-order chi connectivity index (χ1) is 17.2. The summed E-state index contributed by atoms with van der Waals surface area (Å²) in [7, 11) is 0. The molecule has 5 rings (SSSR count). The lowest BCUT2D eigenvalue weighted by atomic mass is 9.99. The maximum absolute atomic E-state index is 14.7. The highest BCUT2D eigenvalue weighted by molar-refractivity contribution is 5.99. The van der Waals surface area contributed by atoms with Crippen LogP contribution in [0.3, 0.4) is 0 Å². The summed E-state index contributed by atoms with van der Waals surface area (Å²) in [5.74, 6) is -1.78. The van der Waals surface area contributed by atoms with E-state index in [0.29, 0.717) is 31.0 Å². The number of carbonyl (C=O) groups is 2. The summed E-state index contributed by atoms with van der Waals surface area (Å²) in [5, 5.41) is 9.50. The molecule has 0 radical (unpaired) electrons. The van der Waals surface area contributed by atoms with Crippen LogP contribution in [0.25, 0.3) is 11.1 Å². The zero-order valence-corrected chi connectivity index (χ0v) is 19.2. The topological polar surface area (TPSA) is 78.1 Å². The molecule has 2 aromatic carbocycles. The number of aromatic amines is 1. The van der Waals surface area contributed by atoms with Crippen LogP contribution >= 0.6 is 0 Å². The highest BCUT2D eigenvalue weighted by atomic mass is 19.4. The molecule has 1 aliphatic heterocycles. The van der Waals surface area contributed by atoms with Gasteiger partial charge < -0.3 is 10.2 Å². The van der Waals surface area contributed by atoms with E-state index in [-0.39, 0.29) is 17.4 Å². The van der Waals surface area contributed by atoms with E-state index in [1.165, 1.54) is 4.90 Å². The second-order valence-corrected chi connectivity index (χ2v) is 9.28. The number of aromatic nitrogens is 2. The van der Waals surface area contributed by atoms with Crippen molar-refractivity contribution in [1.82, 2.24) is 20.4 Å². The fraction of sp³-hybridized carbons (Fsp3) is 0.346. The van der Waals surface area contributed by atoms with E-state index in [4.69, 9.17) is 0 Å². The number of nitrogens with one attached hydrogen (secondary N) is 2. The maximum atomic E-state index is 14.7. The van der Waals surface area contributed by atoms with Crippen LogP contribution in [0.2, 0.25) is 0 Å². The predicted molar refractivity (Wildman–Crippen MR) is 123 cm³/mol. The highest BCUT2D eigenvalue weighted by Gasteiger charge is 2.40. The third kappa shape index (κ3) is 4.84. The second kappa shape index (κ2) is 9.40. The molecule has 1 aliphatic carbocycles. The van der Waals surface area contributed by atoms with E-state index in [9.17, 15) is 27.2 Å². The zero-order chi connectivity index (χ0) is 25.4. The molecular formula is C26H24F4N4O2. The second-order valence-electron chi connectivity index (χ2n) is 9.28. The molecule has 36 heavy (non-hydrogen) atoms. The Bertz CT molecular complexity index is 1270. The Morgan fingerprint density at radius 2 is 1.89 bits per heavy atom. The summed E-state index contributed by atoms with van der Waals surface area (Å²) in [6.45, 7) is 0.398. The van der Waals surface area contributed by atoms with Crippen molar-refractivity contribution in [2.24, 2.45) is 5.92 Å². The van der Waals surface area contributed by atoms with Crippen molar-refractivity contribution < 1.29 is 27.2 Å². The van der Waals surface area contributed by atoms with Gasteiger partial charge in [-0.25, -0.2) is 4.39 Å². The minimum Gasteiger partial charge on any atom is -0.347 e. The molecule has 1 aromatic heterocycles. The number of hydrogen-bond acceptors (Lipinski definition) is 3. The number of halogens is 4. The van der Waals surface area contributed by atoms with Crippen molar-refractivity contribution in [3.8, 4) is 11.1 Å². The highest BCUT2D eigenvalue weighted by Crippen LogP contribution is 2.43. The average molecular weight is 500 g/mol. The van der Waals surface area contributed by atoms with Gasteiger partial charge in [-0.1, -0.05) is 18.2 Å². The van der Waals surface area contributed by atoms with Crippen molar-refractivity contribution >= 4 is 11.8 Å². The summed E-state index contributed by atoms with van der Waals surface area (Å²) < 4.78 is 53.6. The molecule has 0 unspecified atom stereocenters. The van der Waals surface area contributed by atoms with E-state index >= 15 is 0 Å². The van der Waals surface area contributed by atoms with Crippen molar-refractivity contribution in [3.05, 3.63) is 77.4 Å². The van der Waals surface area contributed by atoms with Crippen LogP contribution < -0.4 is 5.32 Å². The number of hydrogen-bond donors (Lipinski definition) is 2. The maximum Gasteiger partial charge on any atom is 0.416 e. The van der Waals surface area contributed by atoms with E-state index in [0.717, 1.165) is 36.1 Å². The van der Waals surface area contributed by atoms with E-state index in [2.05, 4.69) is 15.5 Å². The van der Waals surface area contributed by atoms with E-state index < -0.39 is 35.5 Å². The lowest BCUT2D eigenvalue weighted by Gasteiger charge is -2.27. The van der Waals surface area contributed by atoms with Crippen LogP contribution in [-0.2, 0) is 11.0 Å². The lowest BCUT2D eigenvalue weighted by molar-refractivity contribution is -0.137. The summed E-state index contributed by atoms with van der Waals surface area (Å²) in [5.41, 5.74) is 1.02. The third-order valence-electron chi connectivity index (χ3n) is 6.81. The SMILES string of the molecule is O=C(N[C@@H](c1ccc(C(F)(F)F)cc1F)C1CC1)[C@H]1CCCN1C(=O)c1cccc(-c2cn[nH]c2)c1. The number of likely N-dealkylation sites (tertiary alicyclic amines) is 1. The van der Waals surface area contributed by atoms with Crippen molar-refractivity contribution in [3.63, 3.8) is 0 Å². The predicted octanol–water partition coefficient (Wildman–Crippen LogP) is 5.11. The molecule has 6 nitrogen and oxygen atoms in total. The number of rotatable bonds is 6. The van der Waals surface area contributed by atoms with Gasteiger partial charge in [-0.05, 0) is 61.4 Å². The molecule has 1 saturated heterocycles. The molecule has 2 atom stereocenters. The standard InChI is InChI=1S/C26H24F4N4O2/c27-21-12-19(26(28,29)30)8-9-20(21)23(15-6-7-15)33-24(35)22-5-2-10-34(22)25(36)17-4-1-3-16(11-17)18-13-31-32-14-18/h1,3-4,8-9,11-15,22-23H,2,5-7,10H2,(H,31,32)(H,33,35)/t22-,23-/m1/s1. The number of amides is 2. The van der Waals surface area contributed by atoms with Gasteiger partial charge in [-0.2, -0.15) is 18.3 Å². The quantitative estimate of drug-likeness (QED) is 0.462. The first-order valence-electron chi connectivity index (χ1n) is 11.8. The molecule has 10 heteroatoms. The molecule has 0 bridgehead atoms. The molecule has 1 saturated carbocycles. The van der Waals surface area contributed by atoms with Gasteiger partial charge in [-0.15, -0.1) is 0 Å². The van der Waals surface area contributed by atoms with Crippen LogP contribution in [0.5, 0.6) is 0 Å². The Kier molecular flexibility index (Phi) is 6.27. The van der Waals surface area contributed by atoms with Gasteiger partial charge in [0.15, 0.2) is 0 Å². The van der Waals surface area contributed by atoms with Gasteiger partial charge in [0.1, 0.15) is 11.9 Å². The van der Waals surface area contributed by atoms with Crippen LogP contribution in [-0.4, -0.2) is 39.5 Å². The fourth-order valence-corrected chi connectivity index (χ4v) is 4.77. The first kappa shape index (κ1) is 24.0. The molecule has 2 N–H and O–H groups in total. The Balaban J connectivity index is 1.34. The van der Waals surface area contributed by atoms with Gasteiger partial charge >= 0.3 is 6.18 Å². The largest absolute Gasteiger partial charge is 0.416 e. The molecule has 3 aromatic rings. The minimum absolute atomic E-state index is 0.0301. The molecule has 2 aliphatic rings.